The number of hydrogen-bond donors (Lipinski definition) is 2. The van der Waals surface area contributed by atoms with Crippen molar-refractivity contribution in [2.24, 2.45) is 4.99 Å². The summed E-state index contributed by atoms with van der Waals surface area (Å²) in [6, 6.07) is 6.19. The van der Waals surface area contributed by atoms with E-state index in [1.54, 1.807) is 12.1 Å². The van der Waals surface area contributed by atoms with Crippen molar-refractivity contribution in [1.29, 1.82) is 0 Å². The smallest absolute Gasteiger partial charge is 0.335 e. The van der Waals surface area contributed by atoms with Crippen molar-refractivity contribution in [2.75, 3.05) is 16.8 Å². The van der Waals surface area contributed by atoms with Crippen LogP contribution in [-0.2, 0) is 9.84 Å². The molecule has 8 heteroatoms. The monoisotopic (exact) mass is 312 g/mol. The van der Waals surface area contributed by atoms with E-state index in [-0.39, 0.29) is 28.4 Å². The molecule has 0 bridgehead atoms. The molecule has 2 atom stereocenters. The summed E-state index contributed by atoms with van der Waals surface area (Å²) in [6.07, 6.45) is 0. The van der Waals surface area contributed by atoms with Gasteiger partial charge in [-0.2, -0.15) is 0 Å². The summed E-state index contributed by atoms with van der Waals surface area (Å²) in [6.45, 7) is 0. The topological polar surface area (TPSA) is 95.8 Å². The maximum absolute atomic E-state index is 11.5. The summed E-state index contributed by atoms with van der Waals surface area (Å²) in [7, 11) is -2.94. The molecule has 1 fully saturated rings. The highest BCUT2D eigenvalue weighted by Crippen LogP contribution is 2.34. The van der Waals surface area contributed by atoms with Crippen LogP contribution in [-0.4, -0.2) is 47.5 Å². The third-order valence-electron chi connectivity index (χ3n) is 3.20. The fourth-order valence-electron chi connectivity index (χ4n) is 2.24. The van der Waals surface area contributed by atoms with Crippen molar-refractivity contribution >= 4 is 38.4 Å². The van der Waals surface area contributed by atoms with E-state index in [2.05, 4.69) is 10.3 Å². The quantitative estimate of drug-likeness (QED) is 0.848. The Bertz CT molecular complexity index is 682. The van der Waals surface area contributed by atoms with E-state index in [9.17, 15) is 13.2 Å². The first-order valence-corrected chi connectivity index (χ1v) is 8.68. The number of anilines is 1. The molecule has 2 heterocycles. The van der Waals surface area contributed by atoms with Crippen LogP contribution in [0.4, 0.5) is 5.69 Å². The molecule has 2 aliphatic heterocycles. The van der Waals surface area contributed by atoms with Gasteiger partial charge in [-0.15, -0.1) is 0 Å². The maximum atomic E-state index is 11.5. The lowest BCUT2D eigenvalue weighted by Crippen LogP contribution is -2.13. The van der Waals surface area contributed by atoms with E-state index in [1.807, 2.05) is 0 Å². The summed E-state index contributed by atoms with van der Waals surface area (Å²) >= 11 is 1.43. The van der Waals surface area contributed by atoms with Gasteiger partial charge in [-0.1, -0.05) is 11.8 Å². The van der Waals surface area contributed by atoms with Crippen molar-refractivity contribution < 1.29 is 18.3 Å². The Labute approximate surface area is 120 Å². The van der Waals surface area contributed by atoms with Crippen LogP contribution in [0.2, 0.25) is 0 Å². The Morgan fingerprint density at radius 3 is 2.60 bits per heavy atom. The van der Waals surface area contributed by atoms with Gasteiger partial charge in [0.15, 0.2) is 15.0 Å². The molecule has 1 aromatic carbocycles. The second-order valence-corrected chi connectivity index (χ2v) is 8.12. The van der Waals surface area contributed by atoms with Gasteiger partial charge >= 0.3 is 5.97 Å². The number of carboxylic acids is 1. The predicted octanol–water partition coefficient (Wildman–Crippen LogP) is 1.07. The van der Waals surface area contributed by atoms with Crippen molar-refractivity contribution in [3.63, 3.8) is 0 Å². The Morgan fingerprint density at radius 2 is 2.00 bits per heavy atom. The average molecular weight is 312 g/mol. The zero-order valence-electron chi connectivity index (χ0n) is 10.3. The number of hydrogen-bond acceptors (Lipinski definition) is 6. The van der Waals surface area contributed by atoms with E-state index >= 15 is 0 Å². The van der Waals surface area contributed by atoms with Crippen LogP contribution in [0.25, 0.3) is 0 Å². The van der Waals surface area contributed by atoms with E-state index in [0.717, 1.165) is 5.69 Å². The van der Waals surface area contributed by atoms with E-state index < -0.39 is 15.8 Å². The van der Waals surface area contributed by atoms with Crippen molar-refractivity contribution in [1.82, 2.24) is 0 Å². The van der Waals surface area contributed by atoms with Gasteiger partial charge in [-0.25, -0.2) is 13.2 Å². The number of amidine groups is 1. The predicted molar refractivity (Wildman–Crippen MR) is 78.3 cm³/mol. The largest absolute Gasteiger partial charge is 0.478 e. The first kappa shape index (κ1) is 13.4. The molecule has 0 amide bonds. The first-order valence-electron chi connectivity index (χ1n) is 5.98. The molecule has 0 spiro atoms. The fourth-order valence-corrected chi connectivity index (χ4v) is 5.91. The third kappa shape index (κ3) is 2.66. The van der Waals surface area contributed by atoms with Gasteiger partial charge < -0.3 is 10.4 Å². The lowest BCUT2D eigenvalue weighted by atomic mass is 10.2. The standard InChI is InChI=1S/C12H12N2O4S2/c15-11(16)7-1-3-8(4-2-7)13-12-14-9-5-20(17,18)6-10(9)19-12/h1-4,9-10H,5-6H2,(H,13,14)(H,15,16)/t9-,10+/m1/s1. The van der Waals surface area contributed by atoms with Crippen molar-refractivity contribution in [2.45, 2.75) is 11.3 Å². The lowest BCUT2D eigenvalue weighted by molar-refractivity contribution is 0.0697. The van der Waals surface area contributed by atoms with Gasteiger partial charge in [0.05, 0.1) is 23.1 Å². The van der Waals surface area contributed by atoms with Gasteiger partial charge in [-0.05, 0) is 24.3 Å². The normalized spacial score (nSPS) is 26.9. The van der Waals surface area contributed by atoms with Crippen LogP contribution in [0.1, 0.15) is 10.4 Å². The van der Waals surface area contributed by atoms with Crippen molar-refractivity contribution in [3.8, 4) is 0 Å². The molecule has 106 valence electrons. The third-order valence-corrected chi connectivity index (χ3v) is 6.34. The molecule has 2 aliphatic rings. The molecule has 0 saturated carbocycles. The minimum absolute atomic E-state index is 0.000734. The molecule has 2 N–H and O–H groups in total. The SMILES string of the molecule is O=C(O)c1ccc(NC2=N[C@@H]3CS(=O)(=O)C[C@@H]3S2)cc1. The maximum Gasteiger partial charge on any atom is 0.335 e. The lowest BCUT2D eigenvalue weighted by Gasteiger charge is -2.06. The molecule has 0 aromatic heterocycles. The van der Waals surface area contributed by atoms with Crippen LogP contribution in [0.15, 0.2) is 29.3 Å². The summed E-state index contributed by atoms with van der Waals surface area (Å²) < 4.78 is 22.9. The Balaban J connectivity index is 1.69. The van der Waals surface area contributed by atoms with Gasteiger partial charge in [-0.3, -0.25) is 4.99 Å². The number of benzene rings is 1. The fraction of sp³-hybridized carbons (Fsp3) is 0.333. The first-order chi connectivity index (χ1) is 9.43. The molecule has 0 aliphatic carbocycles. The van der Waals surface area contributed by atoms with E-state index in [1.165, 1.54) is 23.9 Å². The van der Waals surface area contributed by atoms with Crippen LogP contribution < -0.4 is 5.32 Å². The minimum Gasteiger partial charge on any atom is -0.478 e. The molecule has 0 unspecified atom stereocenters. The molecule has 0 radical (unpaired) electrons. The second-order valence-electron chi connectivity index (χ2n) is 4.74. The number of carboxylic acid groups (broad SMARTS) is 1. The van der Waals surface area contributed by atoms with Crippen LogP contribution in [0.3, 0.4) is 0 Å². The molecule has 3 rings (SSSR count). The zero-order chi connectivity index (χ0) is 14.3. The van der Waals surface area contributed by atoms with Gasteiger partial charge in [0.2, 0.25) is 0 Å². The Kier molecular flexibility index (Phi) is 3.21. The number of sulfone groups is 1. The summed E-state index contributed by atoms with van der Waals surface area (Å²) in [5.41, 5.74) is 0.962. The molecular formula is C12H12N2O4S2. The highest BCUT2D eigenvalue weighted by molar-refractivity contribution is 8.15. The number of carbonyl (C=O) groups is 1. The summed E-state index contributed by atoms with van der Waals surface area (Å²) in [5.74, 6) is -0.674. The van der Waals surface area contributed by atoms with Crippen LogP contribution >= 0.6 is 11.8 Å². The van der Waals surface area contributed by atoms with E-state index in [0.29, 0.717) is 5.17 Å². The van der Waals surface area contributed by atoms with Crippen LogP contribution in [0.5, 0.6) is 0 Å². The highest BCUT2D eigenvalue weighted by atomic mass is 32.2. The second kappa shape index (κ2) is 4.78. The van der Waals surface area contributed by atoms with E-state index in [4.69, 9.17) is 5.11 Å². The number of nitrogens with one attached hydrogen (secondary N) is 1. The van der Waals surface area contributed by atoms with Crippen molar-refractivity contribution in [3.05, 3.63) is 29.8 Å². The number of fused-ring (bicyclic) bond motifs is 1. The Hall–Kier alpha value is -1.54. The molecule has 6 nitrogen and oxygen atoms in total. The van der Waals surface area contributed by atoms with Gasteiger partial charge in [0.1, 0.15) is 0 Å². The summed E-state index contributed by atoms with van der Waals surface area (Å²) in [4.78, 5) is 15.1. The van der Waals surface area contributed by atoms with Gasteiger partial charge in [0, 0.05) is 10.9 Å². The summed E-state index contributed by atoms with van der Waals surface area (Å²) in [5, 5.41) is 12.6. The van der Waals surface area contributed by atoms with Gasteiger partial charge in [0.25, 0.3) is 0 Å². The number of aromatic carboxylic acids is 1. The minimum atomic E-state index is -2.94. The average Bonchev–Trinajstić information content (AvgIpc) is 2.82. The molecule has 1 aromatic rings. The number of thioether (sulfide) groups is 1. The molecule has 1 saturated heterocycles. The van der Waals surface area contributed by atoms with Crippen LogP contribution in [0, 0.1) is 0 Å². The number of rotatable bonds is 2. The molecular weight excluding hydrogens is 300 g/mol. The highest BCUT2D eigenvalue weighted by Gasteiger charge is 2.42. The molecule has 20 heavy (non-hydrogen) atoms. The Morgan fingerprint density at radius 1 is 1.30 bits per heavy atom. The number of aliphatic imine (C=N–C) groups is 1. The number of nitrogens with zero attached hydrogens (tertiary/aromatic N) is 1. The zero-order valence-corrected chi connectivity index (χ0v) is 11.9.